The zero-order chi connectivity index (χ0) is 15.6. The Balaban J connectivity index is 1.93. The maximum absolute atomic E-state index is 12.5. The van der Waals surface area contributed by atoms with Gasteiger partial charge < -0.3 is 5.32 Å². The summed E-state index contributed by atoms with van der Waals surface area (Å²) < 4.78 is 1.49. The van der Waals surface area contributed by atoms with Crippen LogP contribution >= 0.6 is 0 Å². The highest BCUT2D eigenvalue weighted by Crippen LogP contribution is 2.16. The number of hydrogen-bond donors (Lipinski definition) is 1. The lowest BCUT2D eigenvalue weighted by atomic mass is 10.1. The van der Waals surface area contributed by atoms with E-state index in [1.807, 2.05) is 30.3 Å². The maximum Gasteiger partial charge on any atom is 0.249 e. The van der Waals surface area contributed by atoms with Crippen molar-refractivity contribution < 1.29 is 4.79 Å². The van der Waals surface area contributed by atoms with E-state index in [1.54, 1.807) is 0 Å². The first kappa shape index (κ1) is 16.1. The van der Waals surface area contributed by atoms with Crippen molar-refractivity contribution in [3.63, 3.8) is 0 Å². The predicted molar refractivity (Wildman–Crippen MR) is 84.2 cm³/mol. The van der Waals surface area contributed by atoms with Crippen LogP contribution < -0.4 is 5.32 Å². The number of carbonyl (C=O) groups is 1. The number of tetrazole rings is 1. The number of nitrogens with one attached hydrogen (secondary N) is 1. The first-order chi connectivity index (χ1) is 10.8. The van der Waals surface area contributed by atoms with Crippen LogP contribution in [-0.4, -0.2) is 32.7 Å². The summed E-state index contributed by atoms with van der Waals surface area (Å²) in [5.74, 6) is -0.0750. The number of nitrogens with zero attached hydrogens (tertiary/aromatic N) is 4. The molecule has 0 aliphatic heterocycles. The van der Waals surface area contributed by atoms with E-state index in [-0.39, 0.29) is 5.91 Å². The first-order valence-electron chi connectivity index (χ1n) is 7.88. The quantitative estimate of drug-likeness (QED) is 0.722. The van der Waals surface area contributed by atoms with E-state index >= 15 is 0 Å². The van der Waals surface area contributed by atoms with Crippen LogP contribution in [0.4, 0.5) is 0 Å². The molecular formula is C16H23N5O. The predicted octanol–water partition coefficient (Wildman–Crippen LogP) is 2.35. The topological polar surface area (TPSA) is 72.7 Å². The summed E-state index contributed by atoms with van der Waals surface area (Å²) in [4.78, 5) is 12.5. The van der Waals surface area contributed by atoms with Crippen molar-refractivity contribution in [2.45, 2.75) is 45.1 Å². The molecule has 6 nitrogen and oxygen atoms in total. The van der Waals surface area contributed by atoms with Crippen LogP contribution in [0.15, 0.2) is 36.7 Å². The molecule has 1 amide bonds. The summed E-state index contributed by atoms with van der Waals surface area (Å²) >= 11 is 0. The highest BCUT2D eigenvalue weighted by molar-refractivity contribution is 5.83. The standard InChI is InChI=1S/C16H23N5O/c1-2-3-4-5-9-12-17-16(22)15(21-13-18-19-20-21)14-10-7-6-8-11-14/h6-8,10-11,13,15H,2-5,9,12H2,1H3,(H,17,22)/t15-/m1/s1. The van der Waals surface area contributed by atoms with Gasteiger partial charge in [0.25, 0.3) is 0 Å². The summed E-state index contributed by atoms with van der Waals surface area (Å²) in [6.45, 7) is 2.88. The Bertz CT molecular complexity index is 541. The zero-order valence-electron chi connectivity index (χ0n) is 13.0. The summed E-state index contributed by atoms with van der Waals surface area (Å²) in [6, 6.07) is 9.04. The Morgan fingerprint density at radius 3 is 2.64 bits per heavy atom. The number of hydrogen-bond acceptors (Lipinski definition) is 4. The minimum Gasteiger partial charge on any atom is -0.354 e. The SMILES string of the molecule is CCCCCCCNC(=O)[C@@H](c1ccccc1)n1cnnn1. The highest BCUT2D eigenvalue weighted by atomic mass is 16.2. The average molecular weight is 301 g/mol. The third-order valence-electron chi connectivity index (χ3n) is 3.57. The molecule has 0 aliphatic carbocycles. The molecule has 1 atom stereocenters. The third-order valence-corrected chi connectivity index (χ3v) is 3.57. The molecule has 2 rings (SSSR count). The van der Waals surface area contributed by atoms with Gasteiger partial charge in [-0.1, -0.05) is 62.9 Å². The van der Waals surface area contributed by atoms with Crippen LogP contribution in [0.5, 0.6) is 0 Å². The van der Waals surface area contributed by atoms with Crippen molar-refractivity contribution in [1.82, 2.24) is 25.5 Å². The lowest BCUT2D eigenvalue weighted by Crippen LogP contribution is -2.34. The Hall–Kier alpha value is -2.24. The second kappa shape index (κ2) is 8.92. The van der Waals surface area contributed by atoms with Crippen molar-refractivity contribution >= 4 is 5.91 Å². The molecule has 0 bridgehead atoms. The Morgan fingerprint density at radius 2 is 1.95 bits per heavy atom. The molecular weight excluding hydrogens is 278 g/mol. The zero-order valence-corrected chi connectivity index (χ0v) is 13.0. The minimum atomic E-state index is -0.521. The molecule has 0 fully saturated rings. The van der Waals surface area contributed by atoms with Crippen molar-refractivity contribution in [1.29, 1.82) is 0 Å². The summed E-state index contributed by atoms with van der Waals surface area (Å²) in [6.07, 6.45) is 7.32. The van der Waals surface area contributed by atoms with Crippen molar-refractivity contribution in [3.8, 4) is 0 Å². The molecule has 1 aromatic heterocycles. The minimum absolute atomic E-state index is 0.0750. The fourth-order valence-electron chi connectivity index (χ4n) is 2.38. The van der Waals surface area contributed by atoms with E-state index in [2.05, 4.69) is 27.8 Å². The van der Waals surface area contributed by atoms with E-state index in [0.717, 1.165) is 18.4 Å². The molecule has 22 heavy (non-hydrogen) atoms. The van der Waals surface area contributed by atoms with Gasteiger partial charge in [-0.3, -0.25) is 4.79 Å². The number of benzene rings is 1. The number of aromatic nitrogens is 4. The molecule has 0 saturated heterocycles. The Kier molecular flexibility index (Phi) is 6.54. The molecule has 0 spiro atoms. The largest absolute Gasteiger partial charge is 0.354 e. The Morgan fingerprint density at radius 1 is 1.18 bits per heavy atom. The van der Waals surface area contributed by atoms with Crippen LogP contribution in [0.3, 0.4) is 0 Å². The van der Waals surface area contributed by atoms with Crippen LogP contribution in [-0.2, 0) is 4.79 Å². The van der Waals surface area contributed by atoms with Crippen molar-refractivity contribution in [3.05, 3.63) is 42.2 Å². The van der Waals surface area contributed by atoms with Gasteiger partial charge in [0.1, 0.15) is 6.33 Å². The van der Waals surface area contributed by atoms with Gasteiger partial charge in [-0.05, 0) is 22.4 Å². The van der Waals surface area contributed by atoms with Gasteiger partial charge in [0.2, 0.25) is 5.91 Å². The smallest absolute Gasteiger partial charge is 0.249 e. The molecule has 118 valence electrons. The molecule has 6 heteroatoms. The van der Waals surface area contributed by atoms with Crippen molar-refractivity contribution in [2.24, 2.45) is 0 Å². The van der Waals surface area contributed by atoms with Crippen LogP contribution in [0.25, 0.3) is 0 Å². The van der Waals surface area contributed by atoms with Gasteiger partial charge in [0.15, 0.2) is 6.04 Å². The number of amides is 1. The summed E-state index contributed by atoms with van der Waals surface area (Å²) in [7, 11) is 0. The van der Waals surface area contributed by atoms with E-state index in [1.165, 1.54) is 30.3 Å². The Labute approximate surface area is 130 Å². The molecule has 0 aliphatic rings. The molecule has 0 saturated carbocycles. The fourth-order valence-corrected chi connectivity index (χ4v) is 2.38. The molecule has 2 aromatic rings. The highest BCUT2D eigenvalue weighted by Gasteiger charge is 2.23. The maximum atomic E-state index is 12.5. The number of carbonyl (C=O) groups excluding carboxylic acids is 1. The second-order valence-electron chi connectivity index (χ2n) is 5.31. The molecule has 0 radical (unpaired) electrons. The van der Waals surface area contributed by atoms with Gasteiger partial charge >= 0.3 is 0 Å². The molecule has 1 aromatic carbocycles. The van der Waals surface area contributed by atoms with E-state index in [4.69, 9.17) is 0 Å². The molecule has 1 heterocycles. The van der Waals surface area contributed by atoms with Crippen molar-refractivity contribution in [2.75, 3.05) is 6.54 Å². The van der Waals surface area contributed by atoms with Gasteiger partial charge in [0, 0.05) is 6.54 Å². The number of rotatable bonds is 9. The normalized spacial score (nSPS) is 12.0. The lowest BCUT2D eigenvalue weighted by molar-refractivity contribution is -0.123. The fraction of sp³-hybridized carbons (Fsp3) is 0.500. The van der Waals surface area contributed by atoms with E-state index in [9.17, 15) is 4.79 Å². The molecule has 1 N–H and O–H groups in total. The summed E-state index contributed by atoms with van der Waals surface area (Å²) in [5.41, 5.74) is 0.873. The van der Waals surface area contributed by atoms with Gasteiger partial charge in [-0.25, -0.2) is 4.68 Å². The monoisotopic (exact) mass is 301 g/mol. The van der Waals surface area contributed by atoms with Crippen LogP contribution in [0.2, 0.25) is 0 Å². The van der Waals surface area contributed by atoms with Gasteiger partial charge in [-0.15, -0.1) is 5.10 Å². The summed E-state index contributed by atoms with van der Waals surface area (Å²) in [5, 5.41) is 14.1. The van der Waals surface area contributed by atoms with Crippen LogP contribution in [0, 0.1) is 0 Å². The number of unbranched alkanes of at least 4 members (excludes halogenated alkanes) is 4. The van der Waals surface area contributed by atoms with Gasteiger partial charge in [-0.2, -0.15) is 0 Å². The molecule has 0 unspecified atom stereocenters. The lowest BCUT2D eigenvalue weighted by Gasteiger charge is -2.16. The van der Waals surface area contributed by atoms with E-state index in [0.29, 0.717) is 6.54 Å². The second-order valence-corrected chi connectivity index (χ2v) is 5.31. The van der Waals surface area contributed by atoms with Crippen LogP contribution in [0.1, 0.15) is 50.6 Å². The third kappa shape index (κ3) is 4.65. The van der Waals surface area contributed by atoms with E-state index < -0.39 is 6.04 Å². The first-order valence-corrected chi connectivity index (χ1v) is 7.88. The van der Waals surface area contributed by atoms with Gasteiger partial charge in [0.05, 0.1) is 0 Å². The average Bonchev–Trinajstić information content (AvgIpc) is 3.06.